The minimum absolute atomic E-state index is 0.0673. The molecule has 1 aliphatic heterocycles. The minimum Gasteiger partial charge on any atom is -0.480 e. The Hall–Kier alpha value is -3.66. The topological polar surface area (TPSA) is 110 Å². The number of nitriles is 2. The highest BCUT2D eigenvalue weighted by Crippen LogP contribution is 2.53. The standard InChI is InChI=1S/C24H18N4O3S2/c25-11-14(12-26)24-27(13-22(29)30)23(31)20(33-24)10-15-8-9-21(32-15)28-18-6-2-1-4-16(18)17-5-3-7-19(17)28/h1-2,4,6,8-10,17,19H,3,5,7,13H2,(H,29,30)/b20-10-. The van der Waals surface area contributed by atoms with Crippen molar-refractivity contribution in [1.29, 1.82) is 10.5 Å². The number of para-hydroxylation sites is 1. The second kappa shape index (κ2) is 8.36. The summed E-state index contributed by atoms with van der Waals surface area (Å²) in [5, 5.41) is 28.7. The number of carboxylic acids is 1. The van der Waals surface area contributed by atoms with Crippen LogP contribution in [0.4, 0.5) is 10.7 Å². The highest BCUT2D eigenvalue weighted by molar-refractivity contribution is 7.17. The molecule has 0 saturated heterocycles. The SMILES string of the molecule is N#CC(C#N)=c1s/c(=C\c2ccc(N3c4ccccc4C4CCCC43)s2)c(=O)n1CC(=O)O. The van der Waals surface area contributed by atoms with Crippen molar-refractivity contribution in [2.75, 3.05) is 4.90 Å². The van der Waals surface area contributed by atoms with Crippen LogP contribution in [0.15, 0.2) is 41.2 Å². The van der Waals surface area contributed by atoms with Gasteiger partial charge < -0.3 is 10.0 Å². The number of hydrogen-bond acceptors (Lipinski definition) is 7. The van der Waals surface area contributed by atoms with Crippen molar-refractivity contribution in [3.05, 3.63) is 66.4 Å². The molecule has 0 radical (unpaired) electrons. The zero-order chi connectivity index (χ0) is 23.1. The molecule has 1 aliphatic carbocycles. The molecule has 0 bridgehead atoms. The molecule has 1 saturated carbocycles. The van der Waals surface area contributed by atoms with Crippen LogP contribution in [-0.4, -0.2) is 21.7 Å². The highest BCUT2D eigenvalue weighted by atomic mass is 32.1. The van der Waals surface area contributed by atoms with Gasteiger partial charge in [0.15, 0.2) is 5.57 Å². The van der Waals surface area contributed by atoms with Crippen LogP contribution >= 0.6 is 22.7 Å². The molecule has 0 amide bonds. The van der Waals surface area contributed by atoms with Crippen LogP contribution in [0.1, 0.15) is 35.6 Å². The highest BCUT2D eigenvalue weighted by Gasteiger charge is 2.42. The number of thiophene rings is 1. The molecule has 3 aromatic rings. The number of nitrogens with zero attached hydrogens (tertiary/aromatic N) is 4. The van der Waals surface area contributed by atoms with Crippen molar-refractivity contribution in [2.24, 2.45) is 0 Å². The number of aromatic nitrogens is 1. The first-order valence-electron chi connectivity index (χ1n) is 10.5. The molecule has 2 unspecified atom stereocenters. The lowest BCUT2D eigenvalue weighted by Crippen LogP contribution is -2.34. The monoisotopic (exact) mass is 474 g/mol. The average Bonchev–Trinajstić information content (AvgIpc) is 3.56. The van der Waals surface area contributed by atoms with Crippen molar-refractivity contribution >= 4 is 51.0 Å². The summed E-state index contributed by atoms with van der Waals surface area (Å²) in [4.78, 5) is 27.4. The Morgan fingerprint density at radius 3 is 2.70 bits per heavy atom. The van der Waals surface area contributed by atoms with E-state index in [1.165, 1.54) is 24.1 Å². The van der Waals surface area contributed by atoms with Crippen LogP contribution in [-0.2, 0) is 11.3 Å². The maximum Gasteiger partial charge on any atom is 0.323 e. The van der Waals surface area contributed by atoms with E-state index in [-0.39, 0.29) is 10.2 Å². The van der Waals surface area contributed by atoms with Crippen molar-refractivity contribution in [3.8, 4) is 12.1 Å². The number of thiazole rings is 1. The molecule has 0 spiro atoms. The maximum atomic E-state index is 12.9. The normalized spacial score (nSPS) is 19.1. The van der Waals surface area contributed by atoms with Gasteiger partial charge in [-0.3, -0.25) is 14.2 Å². The lowest BCUT2D eigenvalue weighted by molar-refractivity contribution is -0.137. The molecule has 5 rings (SSSR count). The summed E-state index contributed by atoms with van der Waals surface area (Å²) < 4.78 is 1.34. The Bertz CT molecular complexity index is 1520. The Balaban J connectivity index is 1.59. The molecule has 2 aliphatic rings. The molecule has 1 N–H and O–H groups in total. The fourth-order valence-corrected chi connectivity index (χ4v) is 7.02. The number of anilines is 2. The summed E-state index contributed by atoms with van der Waals surface area (Å²) >= 11 is 2.54. The van der Waals surface area contributed by atoms with E-state index >= 15 is 0 Å². The number of carboxylic acid groups (broad SMARTS) is 1. The van der Waals surface area contributed by atoms with Gasteiger partial charge in [0.25, 0.3) is 5.56 Å². The van der Waals surface area contributed by atoms with Gasteiger partial charge in [-0.2, -0.15) is 10.5 Å². The maximum absolute atomic E-state index is 12.9. The van der Waals surface area contributed by atoms with Crippen LogP contribution < -0.4 is 19.7 Å². The van der Waals surface area contributed by atoms with E-state index in [4.69, 9.17) is 0 Å². The van der Waals surface area contributed by atoms with E-state index in [2.05, 4.69) is 35.2 Å². The fraction of sp³-hybridized carbons (Fsp3) is 0.250. The predicted molar refractivity (Wildman–Crippen MR) is 127 cm³/mol. The Morgan fingerprint density at radius 2 is 1.94 bits per heavy atom. The number of benzene rings is 1. The molecule has 2 atom stereocenters. The third kappa shape index (κ3) is 3.56. The van der Waals surface area contributed by atoms with Gasteiger partial charge in [0.1, 0.15) is 23.3 Å². The van der Waals surface area contributed by atoms with E-state index in [1.807, 2.05) is 6.07 Å². The summed E-state index contributed by atoms with van der Waals surface area (Å²) in [7, 11) is 0. The number of fused-ring (bicyclic) bond motifs is 3. The molecule has 164 valence electrons. The van der Waals surface area contributed by atoms with Gasteiger partial charge >= 0.3 is 5.97 Å². The van der Waals surface area contributed by atoms with Gasteiger partial charge in [-0.25, -0.2) is 0 Å². The largest absolute Gasteiger partial charge is 0.480 e. The number of carbonyl (C=O) groups is 1. The summed E-state index contributed by atoms with van der Waals surface area (Å²) in [6, 6.07) is 16.5. The molecular formula is C24H18N4O3S2. The molecular weight excluding hydrogens is 456 g/mol. The van der Waals surface area contributed by atoms with Crippen LogP contribution in [0.2, 0.25) is 0 Å². The van der Waals surface area contributed by atoms with E-state index in [9.17, 15) is 25.2 Å². The first-order valence-corrected chi connectivity index (χ1v) is 12.1. The van der Waals surface area contributed by atoms with Gasteiger partial charge in [0.05, 0.1) is 9.53 Å². The van der Waals surface area contributed by atoms with E-state index in [0.29, 0.717) is 16.5 Å². The Kier molecular flexibility index (Phi) is 5.37. The molecule has 33 heavy (non-hydrogen) atoms. The zero-order valence-corrected chi connectivity index (χ0v) is 19.0. The summed E-state index contributed by atoms with van der Waals surface area (Å²) in [6.45, 7) is -0.602. The van der Waals surface area contributed by atoms with E-state index < -0.39 is 18.1 Å². The first-order chi connectivity index (χ1) is 16.0. The predicted octanol–water partition coefficient (Wildman–Crippen LogP) is 2.87. The van der Waals surface area contributed by atoms with E-state index in [0.717, 1.165) is 32.2 Å². The molecule has 3 heterocycles. The molecule has 7 nitrogen and oxygen atoms in total. The first kappa shape index (κ1) is 21.2. The van der Waals surface area contributed by atoms with Crippen LogP contribution in [0, 0.1) is 22.7 Å². The van der Waals surface area contributed by atoms with Crippen LogP contribution in [0.3, 0.4) is 0 Å². The van der Waals surface area contributed by atoms with Gasteiger partial charge in [0, 0.05) is 22.5 Å². The van der Waals surface area contributed by atoms with Gasteiger partial charge in [-0.15, -0.1) is 22.7 Å². The third-order valence-electron chi connectivity index (χ3n) is 6.17. The summed E-state index contributed by atoms with van der Waals surface area (Å²) in [6.07, 6.45) is 5.26. The summed E-state index contributed by atoms with van der Waals surface area (Å²) in [5.41, 5.74) is 1.85. The fourth-order valence-electron chi connectivity index (χ4n) is 4.88. The molecule has 1 aromatic carbocycles. The Morgan fingerprint density at radius 1 is 1.15 bits per heavy atom. The number of aliphatic carboxylic acids is 1. The van der Waals surface area contributed by atoms with Crippen molar-refractivity contribution < 1.29 is 9.90 Å². The second-order valence-electron chi connectivity index (χ2n) is 8.01. The smallest absolute Gasteiger partial charge is 0.323 e. The zero-order valence-electron chi connectivity index (χ0n) is 17.4. The molecule has 9 heteroatoms. The van der Waals surface area contributed by atoms with Crippen LogP contribution in [0.25, 0.3) is 11.6 Å². The second-order valence-corrected chi connectivity index (χ2v) is 10.1. The lowest BCUT2D eigenvalue weighted by atomic mass is 9.98. The lowest BCUT2D eigenvalue weighted by Gasteiger charge is -2.25. The summed E-state index contributed by atoms with van der Waals surface area (Å²) in [5.74, 6) is -0.667. The van der Waals surface area contributed by atoms with Gasteiger partial charge in [-0.1, -0.05) is 24.6 Å². The van der Waals surface area contributed by atoms with Gasteiger partial charge in [0.2, 0.25) is 0 Å². The van der Waals surface area contributed by atoms with E-state index in [1.54, 1.807) is 29.6 Å². The quantitative estimate of drug-likeness (QED) is 0.623. The third-order valence-corrected chi connectivity index (χ3v) is 8.33. The minimum atomic E-state index is -1.21. The van der Waals surface area contributed by atoms with Crippen molar-refractivity contribution in [3.63, 3.8) is 0 Å². The number of rotatable bonds is 4. The van der Waals surface area contributed by atoms with Crippen molar-refractivity contribution in [1.82, 2.24) is 4.57 Å². The number of hydrogen-bond donors (Lipinski definition) is 1. The van der Waals surface area contributed by atoms with Crippen molar-refractivity contribution in [2.45, 2.75) is 37.8 Å². The van der Waals surface area contributed by atoms with Crippen LogP contribution in [0.5, 0.6) is 0 Å². The molecule has 2 aromatic heterocycles. The Labute approximate surface area is 197 Å². The van der Waals surface area contributed by atoms with Gasteiger partial charge in [-0.05, 0) is 42.7 Å². The average molecular weight is 475 g/mol. The molecule has 1 fully saturated rings.